The quantitative estimate of drug-likeness (QED) is 0.531. The van der Waals surface area contributed by atoms with Gasteiger partial charge in [-0.15, -0.1) is 0 Å². The highest BCUT2D eigenvalue weighted by molar-refractivity contribution is 7.17. The van der Waals surface area contributed by atoms with Crippen LogP contribution in [0.25, 0.3) is 0 Å². The van der Waals surface area contributed by atoms with Crippen LogP contribution >= 0.6 is 11.3 Å². The standard InChI is InChI=1S/C17H18N6O3S/c1-8-4-5-11(24)9(2)14(8)21-16(26)12-7-19-17(27-12)20-13-6-10(15(18)25)22-23(13)3/h4-7,24H,1-3H3,(H2,18,25)(H,19,20)(H,21,26). The van der Waals surface area contributed by atoms with Crippen LogP contribution in [0.3, 0.4) is 0 Å². The molecule has 0 aliphatic heterocycles. The zero-order valence-electron chi connectivity index (χ0n) is 14.9. The number of rotatable bonds is 5. The van der Waals surface area contributed by atoms with Crippen molar-refractivity contribution in [2.45, 2.75) is 13.8 Å². The Morgan fingerprint density at radius 3 is 2.70 bits per heavy atom. The minimum atomic E-state index is -0.630. The minimum absolute atomic E-state index is 0.115. The van der Waals surface area contributed by atoms with E-state index in [1.807, 2.05) is 6.92 Å². The van der Waals surface area contributed by atoms with Crippen LogP contribution in [0.5, 0.6) is 5.75 Å². The highest BCUT2D eigenvalue weighted by Crippen LogP contribution is 2.29. The fourth-order valence-corrected chi connectivity index (χ4v) is 3.17. The third kappa shape index (κ3) is 3.75. The summed E-state index contributed by atoms with van der Waals surface area (Å²) >= 11 is 1.14. The van der Waals surface area contributed by atoms with Crippen LogP contribution in [0.4, 0.5) is 16.6 Å². The Bertz CT molecular complexity index is 1040. The molecule has 0 atom stereocenters. The number of benzene rings is 1. The maximum Gasteiger partial charge on any atom is 0.269 e. The number of nitrogens with one attached hydrogen (secondary N) is 2. The fraction of sp³-hybridized carbons (Fsp3) is 0.176. The van der Waals surface area contributed by atoms with Crippen molar-refractivity contribution in [2.75, 3.05) is 10.6 Å². The molecule has 0 spiro atoms. The topological polar surface area (TPSA) is 135 Å². The first-order valence-electron chi connectivity index (χ1n) is 7.93. The molecule has 10 heteroatoms. The molecule has 27 heavy (non-hydrogen) atoms. The van der Waals surface area contributed by atoms with Crippen molar-refractivity contribution < 1.29 is 14.7 Å². The van der Waals surface area contributed by atoms with Crippen molar-refractivity contribution in [1.82, 2.24) is 14.8 Å². The van der Waals surface area contributed by atoms with Gasteiger partial charge in [0.05, 0.1) is 11.9 Å². The molecule has 140 valence electrons. The lowest BCUT2D eigenvalue weighted by Gasteiger charge is -2.11. The van der Waals surface area contributed by atoms with E-state index in [2.05, 4.69) is 20.7 Å². The third-order valence-corrected chi connectivity index (χ3v) is 4.89. The molecule has 2 heterocycles. The number of hydrogen-bond donors (Lipinski definition) is 4. The van der Waals surface area contributed by atoms with Gasteiger partial charge in [0, 0.05) is 18.7 Å². The molecule has 0 fully saturated rings. The smallest absolute Gasteiger partial charge is 0.269 e. The van der Waals surface area contributed by atoms with Gasteiger partial charge in [0.1, 0.15) is 16.4 Å². The molecule has 3 aromatic rings. The third-order valence-electron chi connectivity index (χ3n) is 3.98. The fourth-order valence-electron chi connectivity index (χ4n) is 2.45. The number of phenolic OH excluding ortho intramolecular Hbond substituents is 1. The van der Waals surface area contributed by atoms with Gasteiger partial charge in [-0.1, -0.05) is 17.4 Å². The van der Waals surface area contributed by atoms with Gasteiger partial charge in [-0.3, -0.25) is 14.3 Å². The second kappa shape index (κ2) is 7.08. The highest BCUT2D eigenvalue weighted by Gasteiger charge is 2.16. The largest absolute Gasteiger partial charge is 0.508 e. The molecule has 0 radical (unpaired) electrons. The summed E-state index contributed by atoms with van der Waals surface area (Å²) in [6.07, 6.45) is 1.45. The molecule has 0 aliphatic carbocycles. The van der Waals surface area contributed by atoms with Gasteiger partial charge in [-0.05, 0) is 25.5 Å². The molecule has 2 aromatic heterocycles. The Kier molecular flexibility index (Phi) is 4.82. The van der Waals surface area contributed by atoms with Crippen LogP contribution < -0.4 is 16.4 Å². The van der Waals surface area contributed by atoms with E-state index >= 15 is 0 Å². The van der Waals surface area contributed by atoms with Gasteiger partial charge in [0.25, 0.3) is 11.8 Å². The van der Waals surface area contributed by atoms with E-state index in [0.717, 1.165) is 16.9 Å². The van der Waals surface area contributed by atoms with Gasteiger partial charge in [-0.25, -0.2) is 4.98 Å². The van der Waals surface area contributed by atoms with E-state index in [1.165, 1.54) is 16.9 Å². The van der Waals surface area contributed by atoms with Gasteiger partial charge >= 0.3 is 0 Å². The number of aromatic nitrogens is 3. The number of hydrogen-bond acceptors (Lipinski definition) is 7. The van der Waals surface area contributed by atoms with E-state index in [1.54, 1.807) is 26.1 Å². The van der Waals surface area contributed by atoms with Gasteiger partial charge in [0.2, 0.25) is 0 Å². The lowest BCUT2D eigenvalue weighted by molar-refractivity contribution is 0.0993. The average Bonchev–Trinajstić information content (AvgIpc) is 3.23. The first-order chi connectivity index (χ1) is 12.8. The second-order valence-corrected chi connectivity index (χ2v) is 6.94. The number of aromatic hydroxyl groups is 1. The van der Waals surface area contributed by atoms with Gasteiger partial charge in [-0.2, -0.15) is 5.10 Å². The Morgan fingerprint density at radius 2 is 2.04 bits per heavy atom. The van der Waals surface area contributed by atoms with Crippen molar-refractivity contribution in [2.24, 2.45) is 12.8 Å². The maximum absolute atomic E-state index is 12.5. The Hall–Kier alpha value is -3.40. The number of carbonyl (C=O) groups excluding carboxylic acids is 2. The van der Waals surface area contributed by atoms with Crippen molar-refractivity contribution in [3.63, 3.8) is 0 Å². The van der Waals surface area contributed by atoms with Crippen LogP contribution in [0.1, 0.15) is 31.3 Å². The molecule has 5 N–H and O–H groups in total. The normalized spacial score (nSPS) is 10.6. The molecule has 0 unspecified atom stereocenters. The monoisotopic (exact) mass is 386 g/mol. The van der Waals surface area contributed by atoms with Crippen molar-refractivity contribution >= 4 is 39.8 Å². The zero-order chi connectivity index (χ0) is 19.7. The van der Waals surface area contributed by atoms with Crippen molar-refractivity contribution in [3.05, 3.63) is 46.1 Å². The predicted molar refractivity (Wildman–Crippen MR) is 103 cm³/mol. The summed E-state index contributed by atoms with van der Waals surface area (Å²) in [5, 5.41) is 20.1. The van der Waals surface area contributed by atoms with E-state index in [9.17, 15) is 14.7 Å². The molecule has 1 aromatic carbocycles. The lowest BCUT2D eigenvalue weighted by atomic mass is 10.1. The summed E-state index contributed by atoms with van der Waals surface area (Å²) in [6.45, 7) is 3.58. The molecule has 0 saturated heterocycles. The summed E-state index contributed by atoms with van der Waals surface area (Å²) in [7, 11) is 1.66. The zero-order valence-corrected chi connectivity index (χ0v) is 15.7. The number of phenols is 1. The number of primary amides is 1. The molecular formula is C17H18N6O3S. The molecule has 0 bridgehead atoms. The molecule has 2 amide bonds. The van der Waals surface area contributed by atoms with Crippen LogP contribution in [0.15, 0.2) is 24.4 Å². The highest BCUT2D eigenvalue weighted by atomic mass is 32.1. The Balaban J connectivity index is 1.77. The number of carbonyl (C=O) groups is 2. The van der Waals surface area contributed by atoms with E-state index in [0.29, 0.717) is 27.1 Å². The van der Waals surface area contributed by atoms with Gasteiger partial charge in [0.15, 0.2) is 10.8 Å². The van der Waals surface area contributed by atoms with Crippen LogP contribution in [0, 0.1) is 13.8 Å². The van der Waals surface area contributed by atoms with Crippen LogP contribution in [-0.4, -0.2) is 31.7 Å². The number of nitrogens with zero attached hydrogens (tertiary/aromatic N) is 3. The first-order valence-corrected chi connectivity index (χ1v) is 8.75. The summed E-state index contributed by atoms with van der Waals surface area (Å²) in [6, 6.07) is 4.82. The molecule has 9 nitrogen and oxygen atoms in total. The number of amides is 2. The summed E-state index contributed by atoms with van der Waals surface area (Å²) in [5.41, 5.74) is 7.35. The molecular weight excluding hydrogens is 368 g/mol. The predicted octanol–water partition coefficient (Wildman–Crippen LogP) is 2.29. The maximum atomic E-state index is 12.5. The summed E-state index contributed by atoms with van der Waals surface area (Å²) in [4.78, 5) is 28.3. The number of nitrogens with two attached hydrogens (primary N) is 1. The van der Waals surface area contributed by atoms with Crippen LogP contribution in [-0.2, 0) is 7.05 Å². The van der Waals surface area contributed by atoms with E-state index < -0.39 is 5.91 Å². The summed E-state index contributed by atoms with van der Waals surface area (Å²) < 4.78 is 1.46. The number of anilines is 3. The molecule has 3 rings (SSSR count). The Morgan fingerprint density at radius 1 is 1.30 bits per heavy atom. The van der Waals surface area contributed by atoms with Crippen LogP contribution in [0.2, 0.25) is 0 Å². The molecule has 0 saturated carbocycles. The number of thiazole rings is 1. The van der Waals surface area contributed by atoms with Gasteiger partial charge < -0.3 is 21.5 Å². The summed E-state index contributed by atoms with van der Waals surface area (Å²) in [5.74, 6) is -0.330. The first kappa shape index (κ1) is 18.4. The number of aryl methyl sites for hydroxylation is 2. The molecule has 0 aliphatic rings. The average molecular weight is 386 g/mol. The van der Waals surface area contributed by atoms with E-state index in [4.69, 9.17) is 5.73 Å². The SMILES string of the molecule is Cc1ccc(O)c(C)c1NC(=O)c1cnc(Nc2cc(C(N)=O)nn2C)s1. The van der Waals surface area contributed by atoms with Crippen molar-refractivity contribution in [1.29, 1.82) is 0 Å². The second-order valence-electron chi connectivity index (χ2n) is 5.91. The van der Waals surface area contributed by atoms with E-state index in [-0.39, 0.29) is 17.4 Å². The lowest BCUT2D eigenvalue weighted by Crippen LogP contribution is -2.12. The Labute approximate surface area is 158 Å². The van der Waals surface area contributed by atoms with Crippen molar-refractivity contribution in [3.8, 4) is 5.75 Å². The minimum Gasteiger partial charge on any atom is -0.508 e.